The van der Waals surface area contributed by atoms with Crippen molar-refractivity contribution in [3.63, 3.8) is 0 Å². The average molecular weight is 501 g/mol. The molecule has 4 rings (SSSR count). The van der Waals surface area contributed by atoms with Gasteiger partial charge in [-0.3, -0.25) is 9.59 Å². The highest BCUT2D eigenvalue weighted by Gasteiger charge is 2.45. The Labute approximate surface area is 208 Å². The van der Waals surface area contributed by atoms with Crippen LogP contribution in [0.15, 0.2) is 48.0 Å². The Bertz CT molecular complexity index is 1160. The van der Waals surface area contributed by atoms with Gasteiger partial charge in [0.05, 0.1) is 31.9 Å². The van der Waals surface area contributed by atoms with Gasteiger partial charge < -0.3 is 24.4 Å². The molecule has 0 spiro atoms. The van der Waals surface area contributed by atoms with Crippen LogP contribution in [-0.2, 0) is 14.3 Å². The maximum absolute atomic E-state index is 14.9. The first-order valence-electron chi connectivity index (χ1n) is 12.2. The molecule has 0 aromatic heterocycles. The number of carbonyl (C=O) groups excluding carboxylic acids is 2. The second-order valence-corrected chi connectivity index (χ2v) is 9.27. The first kappa shape index (κ1) is 25.8. The summed E-state index contributed by atoms with van der Waals surface area (Å²) in [5.41, 5.74) is -0.430. The van der Waals surface area contributed by atoms with Gasteiger partial charge in [-0.15, -0.1) is 0 Å². The number of carbonyl (C=O) groups is 2. The van der Waals surface area contributed by atoms with E-state index in [0.29, 0.717) is 19.6 Å². The third-order valence-electron chi connectivity index (χ3n) is 6.42. The summed E-state index contributed by atoms with van der Waals surface area (Å²) in [7, 11) is 0. The van der Waals surface area contributed by atoms with E-state index in [-0.39, 0.29) is 35.1 Å². The number of benzene rings is 2. The summed E-state index contributed by atoms with van der Waals surface area (Å²) in [5, 5.41) is 13.5. The molecule has 2 aliphatic rings. The van der Waals surface area contributed by atoms with Crippen molar-refractivity contribution < 1.29 is 37.9 Å². The molecule has 0 bridgehead atoms. The molecule has 2 aromatic rings. The zero-order chi connectivity index (χ0) is 25.8. The molecule has 192 valence electrons. The summed E-state index contributed by atoms with van der Waals surface area (Å²) in [6, 6.07) is 8.21. The van der Waals surface area contributed by atoms with E-state index in [4.69, 9.17) is 9.47 Å². The summed E-state index contributed by atoms with van der Waals surface area (Å²) in [4.78, 5) is 28.7. The summed E-state index contributed by atoms with van der Waals surface area (Å²) in [6.07, 6.45) is 0.291. The van der Waals surface area contributed by atoms with E-state index in [1.807, 2.05) is 0 Å². The number of nitrogens with zero attached hydrogens (tertiary/aromatic N) is 1. The summed E-state index contributed by atoms with van der Waals surface area (Å²) < 4.78 is 40.3. The van der Waals surface area contributed by atoms with Gasteiger partial charge in [-0.1, -0.05) is 30.0 Å². The van der Waals surface area contributed by atoms with Crippen LogP contribution < -0.4 is 14.7 Å². The number of Topliss-reactive ketones (excluding diaryl/α,β-unsaturated/α-hetero) is 1. The number of likely N-dealkylation sites (tertiary alicyclic amines) is 1. The van der Waals surface area contributed by atoms with Gasteiger partial charge in [-0.05, 0) is 37.6 Å². The fraction of sp³-hybridized carbons (Fsp3) is 0.407. The predicted octanol–water partition coefficient (Wildman–Crippen LogP) is 1.28. The van der Waals surface area contributed by atoms with Crippen LogP contribution in [0.5, 0.6) is 5.75 Å². The second kappa shape index (κ2) is 11.2. The lowest BCUT2D eigenvalue weighted by molar-refractivity contribution is -0.908. The maximum Gasteiger partial charge on any atom is 0.295 e. The molecular formula is C27H30F2N2O5. The zero-order valence-electron chi connectivity index (χ0n) is 20.4. The molecule has 2 saturated heterocycles. The van der Waals surface area contributed by atoms with Gasteiger partial charge in [0.2, 0.25) is 5.78 Å². The lowest BCUT2D eigenvalue weighted by Gasteiger charge is -2.29. The van der Waals surface area contributed by atoms with Crippen molar-refractivity contribution in [3.05, 3.63) is 70.8 Å². The molecule has 2 heterocycles. The molecule has 2 aromatic carbocycles. The van der Waals surface area contributed by atoms with Crippen molar-refractivity contribution >= 4 is 17.4 Å². The fourth-order valence-corrected chi connectivity index (χ4v) is 4.68. The third kappa shape index (κ3) is 5.42. The van der Waals surface area contributed by atoms with E-state index >= 15 is 0 Å². The van der Waals surface area contributed by atoms with Crippen molar-refractivity contribution in [3.8, 4) is 5.75 Å². The van der Waals surface area contributed by atoms with Crippen LogP contribution in [-0.4, -0.2) is 62.1 Å². The van der Waals surface area contributed by atoms with Crippen LogP contribution in [0.25, 0.3) is 5.76 Å². The predicted molar refractivity (Wildman–Crippen MR) is 126 cm³/mol. The van der Waals surface area contributed by atoms with Crippen molar-refractivity contribution in [2.75, 3.05) is 39.4 Å². The smallest absolute Gasteiger partial charge is 0.295 e. The zero-order valence-corrected chi connectivity index (χ0v) is 20.4. The SMILES string of the molecule is CC(C)Oc1ccc(C([O-])=C2C(=O)C(=O)N(CCC[NH+]3CCOCC3)C2c2ccccc2F)cc1F. The van der Waals surface area contributed by atoms with Crippen molar-refractivity contribution in [2.45, 2.75) is 32.4 Å². The van der Waals surface area contributed by atoms with Gasteiger partial charge >= 0.3 is 0 Å². The van der Waals surface area contributed by atoms with Crippen molar-refractivity contribution in [2.24, 2.45) is 0 Å². The quantitative estimate of drug-likeness (QED) is 0.336. The molecule has 0 radical (unpaired) electrons. The summed E-state index contributed by atoms with van der Waals surface area (Å²) in [6.45, 7) is 7.44. The normalized spacial score (nSPS) is 20.4. The highest BCUT2D eigenvalue weighted by Crippen LogP contribution is 2.40. The monoisotopic (exact) mass is 500 g/mol. The number of hydrogen-bond acceptors (Lipinski definition) is 5. The van der Waals surface area contributed by atoms with Gasteiger partial charge in [0, 0.05) is 24.1 Å². The van der Waals surface area contributed by atoms with Crippen LogP contribution >= 0.6 is 0 Å². The number of ketones is 1. The number of rotatable bonds is 8. The van der Waals surface area contributed by atoms with Crippen molar-refractivity contribution in [1.29, 1.82) is 0 Å². The van der Waals surface area contributed by atoms with E-state index < -0.39 is 35.1 Å². The van der Waals surface area contributed by atoms with Crippen LogP contribution in [0, 0.1) is 11.6 Å². The molecular weight excluding hydrogens is 470 g/mol. The molecule has 9 heteroatoms. The van der Waals surface area contributed by atoms with E-state index in [9.17, 15) is 23.5 Å². The second-order valence-electron chi connectivity index (χ2n) is 9.27. The Hall–Kier alpha value is -3.30. The van der Waals surface area contributed by atoms with Crippen LogP contribution in [0.4, 0.5) is 8.78 Å². The number of amides is 1. The van der Waals surface area contributed by atoms with Gasteiger partial charge in [0.15, 0.2) is 11.6 Å². The molecule has 0 saturated carbocycles. The number of quaternary nitrogens is 1. The first-order valence-corrected chi connectivity index (χ1v) is 12.2. The number of ether oxygens (including phenoxy) is 2. The molecule has 1 N–H and O–H groups in total. The Kier molecular flexibility index (Phi) is 8.01. The van der Waals surface area contributed by atoms with E-state index in [1.54, 1.807) is 19.9 Å². The van der Waals surface area contributed by atoms with E-state index in [0.717, 1.165) is 25.7 Å². The molecule has 2 fully saturated rings. The number of nitrogens with one attached hydrogen (secondary N) is 1. The summed E-state index contributed by atoms with van der Waals surface area (Å²) >= 11 is 0. The molecule has 1 atom stereocenters. The number of halogens is 2. The molecule has 36 heavy (non-hydrogen) atoms. The van der Waals surface area contributed by atoms with Gasteiger partial charge in [0.25, 0.3) is 5.91 Å². The minimum Gasteiger partial charge on any atom is -0.872 e. The lowest BCUT2D eigenvalue weighted by atomic mass is 9.94. The van der Waals surface area contributed by atoms with Gasteiger partial charge in [0.1, 0.15) is 18.9 Å². The molecule has 0 aliphatic carbocycles. The van der Waals surface area contributed by atoms with Crippen molar-refractivity contribution in [1.82, 2.24) is 4.90 Å². The standard InChI is InChI=1S/C27H30F2N2O5/c1-17(2)36-22-9-8-18(16-21(22)29)25(32)23-24(19-6-3-4-7-20(19)28)31(27(34)26(23)33)11-5-10-30-12-14-35-15-13-30/h3-4,6-9,16-17,24,32H,5,10-15H2,1-2H3. The summed E-state index contributed by atoms with van der Waals surface area (Å²) in [5.74, 6) is -4.08. The third-order valence-corrected chi connectivity index (χ3v) is 6.42. The average Bonchev–Trinajstić information content (AvgIpc) is 3.10. The molecule has 1 unspecified atom stereocenters. The van der Waals surface area contributed by atoms with Gasteiger partial charge in [-0.2, -0.15) is 0 Å². The number of hydrogen-bond donors (Lipinski definition) is 1. The highest BCUT2D eigenvalue weighted by atomic mass is 19.1. The Balaban J connectivity index is 1.69. The Morgan fingerprint density at radius 2 is 1.86 bits per heavy atom. The lowest BCUT2D eigenvalue weighted by Crippen LogP contribution is -3.14. The first-order chi connectivity index (χ1) is 17.3. The minimum absolute atomic E-state index is 0.0294. The van der Waals surface area contributed by atoms with E-state index in [1.165, 1.54) is 40.1 Å². The van der Waals surface area contributed by atoms with Gasteiger partial charge in [-0.25, -0.2) is 8.78 Å². The van der Waals surface area contributed by atoms with E-state index in [2.05, 4.69) is 0 Å². The minimum atomic E-state index is -1.19. The largest absolute Gasteiger partial charge is 0.872 e. The Morgan fingerprint density at radius 1 is 1.14 bits per heavy atom. The number of morpholine rings is 1. The Morgan fingerprint density at radius 3 is 2.53 bits per heavy atom. The fourth-order valence-electron chi connectivity index (χ4n) is 4.68. The highest BCUT2D eigenvalue weighted by molar-refractivity contribution is 6.46. The molecule has 2 aliphatic heterocycles. The topological polar surface area (TPSA) is 83.3 Å². The molecule has 7 nitrogen and oxygen atoms in total. The van der Waals surface area contributed by atoms with Crippen LogP contribution in [0.3, 0.4) is 0 Å². The molecule has 1 amide bonds. The maximum atomic E-state index is 14.9. The van der Waals surface area contributed by atoms with Crippen LogP contribution in [0.1, 0.15) is 37.4 Å². The van der Waals surface area contributed by atoms with Crippen LogP contribution in [0.2, 0.25) is 0 Å².